The molecule has 0 saturated carbocycles. The van der Waals surface area contributed by atoms with Gasteiger partial charge in [-0.1, -0.05) is 24.3 Å². The summed E-state index contributed by atoms with van der Waals surface area (Å²) in [5.41, 5.74) is 0.967. The summed E-state index contributed by atoms with van der Waals surface area (Å²) < 4.78 is 26.6. The number of aliphatic hydroxyl groups excluding tert-OH is 1. The topological polar surface area (TPSA) is 33.1 Å². The van der Waals surface area contributed by atoms with Gasteiger partial charge in [0.2, 0.25) is 0 Å². The number of halogens is 2. The van der Waals surface area contributed by atoms with Gasteiger partial charge in [-0.2, -0.15) is 0 Å². The van der Waals surface area contributed by atoms with Crippen LogP contribution in [0.4, 0.5) is 8.78 Å². The van der Waals surface area contributed by atoms with Gasteiger partial charge >= 0.3 is 0 Å². The van der Waals surface area contributed by atoms with E-state index in [1.807, 2.05) is 18.2 Å². The summed E-state index contributed by atoms with van der Waals surface area (Å²) in [4.78, 5) is 4.06. The first-order valence-corrected chi connectivity index (χ1v) is 6.60. The molecule has 2 aromatic carbocycles. The number of benzene rings is 2. The number of nitrogens with zero attached hydrogens (tertiary/aromatic N) is 1. The molecule has 1 heterocycles. The van der Waals surface area contributed by atoms with Gasteiger partial charge in [-0.25, -0.2) is 8.78 Å². The average molecular weight is 285 g/mol. The van der Waals surface area contributed by atoms with Crippen molar-refractivity contribution in [2.24, 2.45) is 0 Å². The molecule has 106 valence electrons. The zero-order valence-electron chi connectivity index (χ0n) is 11.1. The second-order valence-electron chi connectivity index (χ2n) is 4.90. The number of fused-ring (bicyclic) bond motifs is 1. The summed E-state index contributed by atoms with van der Waals surface area (Å²) in [5.74, 6) is -1.27. The molecule has 0 spiro atoms. The smallest absolute Gasteiger partial charge is 0.129 e. The Hall–Kier alpha value is -2.33. The molecule has 4 heteroatoms. The Bertz CT molecular complexity index is 783. The summed E-state index contributed by atoms with van der Waals surface area (Å²) in [6.07, 6.45) is 2.56. The molecular weight excluding hydrogens is 272 g/mol. The van der Waals surface area contributed by atoms with E-state index in [0.29, 0.717) is 5.56 Å². The zero-order chi connectivity index (χ0) is 14.8. The predicted octanol–water partition coefficient (Wildman–Crippen LogP) is 3.79. The van der Waals surface area contributed by atoms with Crippen molar-refractivity contribution in [3.63, 3.8) is 0 Å². The first-order valence-electron chi connectivity index (χ1n) is 6.60. The van der Waals surface area contributed by atoms with E-state index in [0.717, 1.165) is 16.8 Å². The van der Waals surface area contributed by atoms with E-state index < -0.39 is 17.7 Å². The van der Waals surface area contributed by atoms with Crippen LogP contribution in [0.5, 0.6) is 0 Å². The van der Waals surface area contributed by atoms with Crippen LogP contribution in [-0.4, -0.2) is 10.1 Å². The van der Waals surface area contributed by atoms with Gasteiger partial charge in [0, 0.05) is 30.3 Å². The second-order valence-corrected chi connectivity index (χ2v) is 4.90. The Morgan fingerprint density at radius 3 is 2.76 bits per heavy atom. The third-order valence-electron chi connectivity index (χ3n) is 3.50. The van der Waals surface area contributed by atoms with E-state index in [1.54, 1.807) is 18.5 Å². The van der Waals surface area contributed by atoms with E-state index in [4.69, 9.17) is 0 Å². The monoisotopic (exact) mass is 285 g/mol. The van der Waals surface area contributed by atoms with Crippen molar-refractivity contribution in [3.05, 3.63) is 77.6 Å². The van der Waals surface area contributed by atoms with E-state index in [1.165, 1.54) is 12.1 Å². The fourth-order valence-electron chi connectivity index (χ4n) is 2.43. The maximum Gasteiger partial charge on any atom is 0.129 e. The molecule has 0 amide bonds. The van der Waals surface area contributed by atoms with Crippen LogP contribution in [0.2, 0.25) is 0 Å². The Morgan fingerprint density at radius 1 is 1.10 bits per heavy atom. The first kappa shape index (κ1) is 13.6. The molecule has 0 aliphatic rings. The fraction of sp³-hybridized carbons (Fsp3) is 0.118. The molecule has 1 unspecified atom stereocenters. The molecule has 0 aliphatic heterocycles. The number of pyridine rings is 1. The van der Waals surface area contributed by atoms with E-state index in [-0.39, 0.29) is 12.0 Å². The summed E-state index contributed by atoms with van der Waals surface area (Å²) >= 11 is 0. The Morgan fingerprint density at radius 2 is 1.95 bits per heavy atom. The third-order valence-corrected chi connectivity index (χ3v) is 3.50. The maximum atomic E-state index is 13.7. The van der Waals surface area contributed by atoms with Gasteiger partial charge in [-0.05, 0) is 28.6 Å². The minimum Gasteiger partial charge on any atom is -0.388 e. The largest absolute Gasteiger partial charge is 0.388 e. The SMILES string of the molecule is OC(Cc1ccc(F)cc1F)c1cccc2ccncc12. The molecule has 0 saturated heterocycles. The van der Waals surface area contributed by atoms with Gasteiger partial charge in [-0.3, -0.25) is 4.98 Å². The standard InChI is InChI=1S/C17H13F2NO/c18-13-5-4-12(16(19)9-13)8-17(21)14-3-1-2-11-6-7-20-10-15(11)14/h1-7,9-10,17,21H,8H2. The molecule has 21 heavy (non-hydrogen) atoms. The number of aromatic nitrogens is 1. The Labute approximate surface area is 120 Å². The number of aliphatic hydroxyl groups is 1. The summed E-state index contributed by atoms with van der Waals surface area (Å²) in [7, 11) is 0. The van der Waals surface area contributed by atoms with Crippen LogP contribution < -0.4 is 0 Å². The molecule has 1 atom stereocenters. The molecule has 3 rings (SSSR count). The highest BCUT2D eigenvalue weighted by atomic mass is 19.1. The van der Waals surface area contributed by atoms with Crippen LogP contribution in [0.15, 0.2) is 54.9 Å². The van der Waals surface area contributed by atoms with Crippen molar-refractivity contribution in [3.8, 4) is 0 Å². The quantitative estimate of drug-likeness (QED) is 0.794. The maximum absolute atomic E-state index is 13.7. The van der Waals surface area contributed by atoms with Crippen LogP contribution in [0, 0.1) is 11.6 Å². The van der Waals surface area contributed by atoms with E-state index >= 15 is 0 Å². The van der Waals surface area contributed by atoms with Crippen LogP contribution >= 0.6 is 0 Å². The first-order chi connectivity index (χ1) is 10.1. The fourth-order valence-corrected chi connectivity index (χ4v) is 2.43. The summed E-state index contributed by atoms with van der Waals surface area (Å²) in [6.45, 7) is 0. The van der Waals surface area contributed by atoms with Gasteiger partial charge < -0.3 is 5.11 Å². The lowest BCUT2D eigenvalue weighted by Crippen LogP contribution is -2.04. The van der Waals surface area contributed by atoms with Crippen molar-refractivity contribution in [1.29, 1.82) is 0 Å². The number of hydrogen-bond acceptors (Lipinski definition) is 2. The molecule has 1 N–H and O–H groups in total. The minimum atomic E-state index is -0.877. The van der Waals surface area contributed by atoms with Crippen molar-refractivity contribution in [1.82, 2.24) is 4.98 Å². The molecule has 3 aromatic rings. The second kappa shape index (κ2) is 5.58. The Kier molecular flexibility index (Phi) is 3.62. The normalized spacial score (nSPS) is 12.5. The highest BCUT2D eigenvalue weighted by Crippen LogP contribution is 2.26. The van der Waals surface area contributed by atoms with Crippen LogP contribution in [0.3, 0.4) is 0 Å². The van der Waals surface area contributed by atoms with Crippen LogP contribution in [0.25, 0.3) is 10.8 Å². The van der Waals surface area contributed by atoms with Gasteiger partial charge in [-0.15, -0.1) is 0 Å². The highest BCUT2D eigenvalue weighted by molar-refractivity contribution is 5.85. The molecule has 0 bridgehead atoms. The van der Waals surface area contributed by atoms with Crippen molar-refractivity contribution < 1.29 is 13.9 Å². The summed E-state index contributed by atoms with van der Waals surface area (Å²) in [6, 6.07) is 10.8. The molecule has 0 fully saturated rings. The van der Waals surface area contributed by atoms with Gasteiger partial charge in [0.15, 0.2) is 0 Å². The van der Waals surface area contributed by atoms with E-state index in [2.05, 4.69) is 4.98 Å². The summed E-state index contributed by atoms with van der Waals surface area (Å²) in [5, 5.41) is 12.2. The third kappa shape index (κ3) is 2.76. The molecule has 0 radical (unpaired) electrons. The molecule has 0 aliphatic carbocycles. The van der Waals surface area contributed by atoms with Gasteiger partial charge in [0.25, 0.3) is 0 Å². The zero-order valence-corrected chi connectivity index (χ0v) is 11.1. The lowest BCUT2D eigenvalue weighted by Gasteiger charge is -2.14. The lowest BCUT2D eigenvalue weighted by atomic mass is 9.97. The van der Waals surface area contributed by atoms with Crippen LogP contribution in [0.1, 0.15) is 17.2 Å². The van der Waals surface area contributed by atoms with Crippen molar-refractivity contribution >= 4 is 10.8 Å². The van der Waals surface area contributed by atoms with Crippen molar-refractivity contribution in [2.45, 2.75) is 12.5 Å². The number of rotatable bonds is 3. The predicted molar refractivity (Wildman–Crippen MR) is 76.8 cm³/mol. The van der Waals surface area contributed by atoms with Crippen LogP contribution in [-0.2, 0) is 6.42 Å². The highest BCUT2D eigenvalue weighted by Gasteiger charge is 2.14. The van der Waals surface area contributed by atoms with Gasteiger partial charge in [0.1, 0.15) is 11.6 Å². The molecule has 1 aromatic heterocycles. The van der Waals surface area contributed by atoms with Crippen molar-refractivity contribution in [2.75, 3.05) is 0 Å². The van der Waals surface area contributed by atoms with E-state index in [9.17, 15) is 13.9 Å². The van der Waals surface area contributed by atoms with Gasteiger partial charge in [0.05, 0.1) is 6.10 Å². The molecular formula is C17H13F2NO. The number of hydrogen-bond donors (Lipinski definition) is 1. The lowest BCUT2D eigenvalue weighted by molar-refractivity contribution is 0.178. The average Bonchev–Trinajstić information content (AvgIpc) is 2.49. The Balaban J connectivity index is 1.95. The molecule has 2 nitrogen and oxygen atoms in total. The minimum absolute atomic E-state index is 0.0835.